The second-order valence-corrected chi connectivity index (χ2v) is 5.75. The Balaban J connectivity index is 1.79. The van der Waals surface area contributed by atoms with E-state index in [1.807, 2.05) is 38.1 Å². The Kier molecular flexibility index (Phi) is 3.80. The van der Waals surface area contributed by atoms with Crippen molar-refractivity contribution in [3.05, 3.63) is 29.8 Å². The molecule has 1 aromatic rings. The number of carbonyl (C=O) groups is 1. The molecule has 0 spiro atoms. The molecule has 4 nitrogen and oxygen atoms in total. The molecule has 0 radical (unpaired) electrons. The molecule has 1 amide bonds. The Labute approximate surface area is 114 Å². The standard InChI is InChI=1S/C15H22N2O2/c1-11(2)15(19)9-17(10-15)14(18)8-5-12-3-6-13(16)7-4-12/h3-4,6-7,11,19H,5,8-10,16H2,1-2H3. The van der Waals surface area contributed by atoms with Gasteiger partial charge in [0, 0.05) is 12.1 Å². The van der Waals surface area contributed by atoms with Gasteiger partial charge in [-0.15, -0.1) is 0 Å². The largest absolute Gasteiger partial charge is 0.399 e. The molecule has 0 unspecified atom stereocenters. The van der Waals surface area contributed by atoms with Gasteiger partial charge in [-0.05, 0) is 30.0 Å². The lowest BCUT2D eigenvalue weighted by Gasteiger charge is -2.49. The smallest absolute Gasteiger partial charge is 0.223 e. The number of nitrogens with zero attached hydrogens (tertiary/aromatic N) is 1. The highest BCUT2D eigenvalue weighted by molar-refractivity contribution is 5.77. The fraction of sp³-hybridized carbons (Fsp3) is 0.533. The van der Waals surface area contributed by atoms with E-state index in [9.17, 15) is 9.90 Å². The van der Waals surface area contributed by atoms with Gasteiger partial charge in [0.1, 0.15) is 5.60 Å². The lowest BCUT2D eigenvalue weighted by molar-refractivity contribution is -0.163. The van der Waals surface area contributed by atoms with Crippen LogP contribution in [0.4, 0.5) is 5.69 Å². The molecule has 1 aliphatic rings. The monoisotopic (exact) mass is 262 g/mol. The van der Waals surface area contributed by atoms with Gasteiger partial charge in [0.15, 0.2) is 0 Å². The first-order valence-electron chi connectivity index (χ1n) is 6.75. The number of anilines is 1. The van der Waals surface area contributed by atoms with Crippen molar-refractivity contribution in [1.29, 1.82) is 0 Å². The first-order valence-corrected chi connectivity index (χ1v) is 6.75. The first-order chi connectivity index (χ1) is 8.90. The maximum absolute atomic E-state index is 12.0. The second-order valence-electron chi connectivity index (χ2n) is 5.75. The summed E-state index contributed by atoms with van der Waals surface area (Å²) < 4.78 is 0. The van der Waals surface area contributed by atoms with Crippen LogP contribution in [0.2, 0.25) is 0 Å². The molecule has 1 aliphatic heterocycles. The van der Waals surface area contributed by atoms with Crippen LogP contribution in [-0.4, -0.2) is 34.6 Å². The summed E-state index contributed by atoms with van der Waals surface area (Å²) in [5, 5.41) is 10.1. The van der Waals surface area contributed by atoms with Crippen LogP contribution in [0, 0.1) is 5.92 Å². The third-order valence-corrected chi connectivity index (χ3v) is 3.96. The lowest BCUT2D eigenvalue weighted by atomic mass is 9.83. The molecule has 0 aromatic heterocycles. The molecule has 4 heteroatoms. The SMILES string of the molecule is CC(C)C1(O)CN(C(=O)CCc2ccc(N)cc2)C1. The van der Waals surface area contributed by atoms with Crippen molar-refractivity contribution in [2.75, 3.05) is 18.8 Å². The van der Waals surface area contributed by atoms with Crippen LogP contribution in [0.25, 0.3) is 0 Å². The zero-order chi connectivity index (χ0) is 14.0. The van der Waals surface area contributed by atoms with Crippen LogP contribution in [0.5, 0.6) is 0 Å². The summed E-state index contributed by atoms with van der Waals surface area (Å²) in [6, 6.07) is 7.59. The van der Waals surface area contributed by atoms with Crippen LogP contribution >= 0.6 is 0 Å². The average molecular weight is 262 g/mol. The van der Waals surface area contributed by atoms with E-state index in [-0.39, 0.29) is 11.8 Å². The second kappa shape index (κ2) is 5.21. The van der Waals surface area contributed by atoms with E-state index in [0.717, 1.165) is 17.7 Å². The number of amides is 1. The highest BCUT2D eigenvalue weighted by Gasteiger charge is 2.45. The van der Waals surface area contributed by atoms with Crippen LogP contribution in [-0.2, 0) is 11.2 Å². The number of aryl methyl sites for hydroxylation is 1. The van der Waals surface area contributed by atoms with Crippen LogP contribution in [0.1, 0.15) is 25.8 Å². The number of aliphatic hydroxyl groups is 1. The maximum Gasteiger partial charge on any atom is 0.223 e. The number of nitrogen functional groups attached to an aromatic ring is 1. The lowest BCUT2D eigenvalue weighted by Crippen LogP contribution is -2.65. The van der Waals surface area contributed by atoms with Gasteiger partial charge >= 0.3 is 0 Å². The van der Waals surface area contributed by atoms with Crippen molar-refractivity contribution in [3.63, 3.8) is 0 Å². The Morgan fingerprint density at radius 1 is 1.37 bits per heavy atom. The average Bonchev–Trinajstić information content (AvgIpc) is 2.33. The third kappa shape index (κ3) is 3.07. The topological polar surface area (TPSA) is 66.6 Å². The summed E-state index contributed by atoms with van der Waals surface area (Å²) in [6.07, 6.45) is 1.20. The van der Waals surface area contributed by atoms with Crippen LogP contribution in [0.15, 0.2) is 24.3 Å². The highest BCUT2D eigenvalue weighted by Crippen LogP contribution is 2.29. The van der Waals surface area contributed by atoms with E-state index < -0.39 is 5.60 Å². The third-order valence-electron chi connectivity index (χ3n) is 3.96. The Hall–Kier alpha value is -1.55. The zero-order valence-electron chi connectivity index (χ0n) is 11.6. The number of nitrogens with two attached hydrogens (primary N) is 1. The fourth-order valence-electron chi connectivity index (χ4n) is 2.25. The number of rotatable bonds is 4. The molecule has 3 N–H and O–H groups in total. The minimum absolute atomic E-state index is 0.113. The number of hydrogen-bond donors (Lipinski definition) is 2. The molecule has 1 aromatic carbocycles. The van der Waals surface area contributed by atoms with E-state index in [2.05, 4.69) is 0 Å². The maximum atomic E-state index is 12.0. The Morgan fingerprint density at radius 2 is 1.95 bits per heavy atom. The Morgan fingerprint density at radius 3 is 2.47 bits per heavy atom. The first kappa shape index (κ1) is 13.9. The van der Waals surface area contributed by atoms with Crippen molar-refractivity contribution in [3.8, 4) is 0 Å². The number of hydrogen-bond acceptors (Lipinski definition) is 3. The van der Waals surface area contributed by atoms with E-state index in [4.69, 9.17) is 5.73 Å². The highest BCUT2D eigenvalue weighted by atomic mass is 16.3. The van der Waals surface area contributed by atoms with Gasteiger partial charge in [-0.3, -0.25) is 4.79 Å². The van der Waals surface area contributed by atoms with Crippen LogP contribution in [0.3, 0.4) is 0 Å². The van der Waals surface area contributed by atoms with Gasteiger partial charge in [0.25, 0.3) is 0 Å². The number of β-amino-alcohol motifs (C(OH)–C–C–N with tert-alkyl or cyclic N) is 1. The Bertz CT molecular complexity index is 448. The van der Waals surface area contributed by atoms with Crippen molar-refractivity contribution in [2.45, 2.75) is 32.3 Å². The molecule has 0 atom stereocenters. The summed E-state index contributed by atoms with van der Waals surface area (Å²) in [6.45, 7) is 4.89. The molecule has 0 saturated carbocycles. The number of carbonyl (C=O) groups excluding carboxylic acids is 1. The summed E-state index contributed by atoms with van der Waals surface area (Å²) >= 11 is 0. The number of benzene rings is 1. The molecule has 2 rings (SSSR count). The van der Waals surface area contributed by atoms with E-state index in [0.29, 0.717) is 19.5 Å². The summed E-state index contributed by atoms with van der Waals surface area (Å²) in [7, 11) is 0. The van der Waals surface area contributed by atoms with Gasteiger partial charge in [0.2, 0.25) is 5.91 Å². The molecule has 0 aliphatic carbocycles. The zero-order valence-corrected chi connectivity index (χ0v) is 11.6. The molecular weight excluding hydrogens is 240 g/mol. The molecule has 0 bridgehead atoms. The molecule has 1 saturated heterocycles. The van der Waals surface area contributed by atoms with Gasteiger partial charge in [0.05, 0.1) is 13.1 Å². The molecule has 1 heterocycles. The molecular formula is C15H22N2O2. The normalized spacial score (nSPS) is 17.4. The van der Waals surface area contributed by atoms with Crippen molar-refractivity contribution >= 4 is 11.6 Å². The van der Waals surface area contributed by atoms with Gasteiger partial charge in [-0.25, -0.2) is 0 Å². The van der Waals surface area contributed by atoms with Gasteiger partial charge < -0.3 is 15.7 Å². The predicted molar refractivity (Wildman–Crippen MR) is 75.5 cm³/mol. The van der Waals surface area contributed by atoms with E-state index in [1.165, 1.54) is 0 Å². The minimum atomic E-state index is -0.684. The quantitative estimate of drug-likeness (QED) is 0.807. The number of likely N-dealkylation sites (tertiary alicyclic amines) is 1. The molecule has 19 heavy (non-hydrogen) atoms. The van der Waals surface area contributed by atoms with Gasteiger partial charge in [-0.1, -0.05) is 26.0 Å². The molecule has 1 fully saturated rings. The van der Waals surface area contributed by atoms with Crippen molar-refractivity contribution in [2.24, 2.45) is 5.92 Å². The molecule has 104 valence electrons. The van der Waals surface area contributed by atoms with E-state index >= 15 is 0 Å². The van der Waals surface area contributed by atoms with E-state index in [1.54, 1.807) is 4.90 Å². The predicted octanol–water partition coefficient (Wildman–Crippen LogP) is 1.43. The minimum Gasteiger partial charge on any atom is -0.399 e. The van der Waals surface area contributed by atoms with Crippen molar-refractivity contribution in [1.82, 2.24) is 4.90 Å². The fourth-order valence-corrected chi connectivity index (χ4v) is 2.25. The van der Waals surface area contributed by atoms with Gasteiger partial charge in [-0.2, -0.15) is 0 Å². The van der Waals surface area contributed by atoms with Crippen molar-refractivity contribution < 1.29 is 9.90 Å². The summed E-state index contributed by atoms with van der Waals surface area (Å²) in [5.41, 5.74) is 6.78. The summed E-state index contributed by atoms with van der Waals surface area (Å²) in [5.74, 6) is 0.302. The summed E-state index contributed by atoms with van der Waals surface area (Å²) in [4.78, 5) is 13.7. The van der Waals surface area contributed by atoms with Crippen LogP contribution < -0.4 is 5.73 Å².